The second-order valence-corrected chi connectivity index (χ2v) is 8.01. The number of aliphatic hydroxyl groups excluding tert-OH is 1. The molecular weight excluding hydrogens is 386 g/mol. The first-order valence-corrected chi connectivity index (χ1v) is 10.6. The number of carbonyl (C=O) groups excluding carboxylic acids is 1. The van der Waals surface area contributed by atoms with Gasteiger partial charge >= 0.3 is 0 Å². The van der Waals surface area contributed by atoms with E-state index in [-0.39, 0.29) is 24.9 Å². The van der Waals surface area contributed by atoms with E-state index in [1.165, 1.54) is 35.9 Å². The van der Waals surface area contributed by atoms with Crippen molar-refractivity contribution in [3.05, 3.63) is 70.3 Å². The first kappa shape index (κ1) is 22.4. The van der Waals surface area contributed by atoms with Crippen LogP contribution in [0.5, 0.6) is 0 Å². The summed E-state index contributed by atoms with van der Waals surface area (Å²) < 4.78 is 27.1. The van der Waals surface area contributed by atoms with E-state index in [0.29, 0.717) is 5.56 Å². The van der Waals surface area contributed by atoms with Crippen molar-refractivity contribution < 1.29 is 18.7 Å². The van der Waals surface area contributed by atoms with E-state index in [0.717, 1.165) is 31.7 Å². The van der Waals surface area contributed by atoms with E-state index >= 15 is 0 Å². The van der Waals surface area contributed by atoms with Crippen LogP contribution in [0.25, 0.3) is 0 Å². The number of hydrogen-bond acceptors (Lipinski definition) is 3. The first-order chi connectivity index (χ1) is 14.4. The van der Waals surface area contributed by atoms with Gasteiger partial charge in [-0.15, -0.1) is 0 Å². The van der Waals surface area contributed by atoms with E-state index in [1.807, 2.05) is 0 Å². The maximum absolute atomic E-state index is 13.5. The van der Waals surface area contributed by atoms with Gasteiger partial charge in [-0.25, -0.2) is 8.78 Å². The fourth-order valence-corrected chi connectivity index (χ4v) is 4.26. The number of carbonyl (C=O) groups is 1. The molecule has 1 aliphatic rings. The number of amides is 1. The topological polar surface area (TPSA) is 61.4 Å². The van der Waals surface area contributed by atoms with Crippen LogP contribution in [0.15, 0.2) is 36.4 Å². The maximum Gasteiger partial charge on any atom is 0.225 e. The van der Waals surface area contributed by atoms with Gasteiger partial charge < -0.3 is 15.7 Å². The highest BCUT2D eigenvalue weighted by Crippen LogP contribution is 2.31. The van der Waals surface area contributed by atoms with Gasteiger partial charge in [-0.05, 0) is 66.5 Å². The largest absolute Gasteiger partial charge is 0.391 e. The van der Waals surface area contributed by atoms with Gasteiger partial charge in [0.25, 0.3) is 0 Å². The lowest BCUT2D eigenvalue weighted by Crippen LogP contribution is -2.43. The van der Waals surface area contributed by atoms with Crippen LogP contribution in [0.4, 0.5) is 8.78 Å². The lowest BCUT2D eigenvalue weighted by molar-refractivity contribution is -0.128. The third kappa shape index (κ3) is 5.43. The summed E-state index contributed by atoms with van der Waals surface area (Å²) in [6, 6.07) is 9.88. The molecule has 1 amide bonds. The van der Waals surface area contributed by atoms with Crippen molar-refractivity contribution in [2.24, 2.45) is 5.92 Å². The molecule has 30 heavy (non-hydrogen) atoms. The van der Waals surface area contributed by atoms with E-state index < -0.39 is 23.7 Å². The number of benzene rings is 2. The van der Waals surface area contributed by atoms with Crippen molar-refractivity contribution in [2.45, 2.75) is 51.2 Å². The molecule has 0 saturated carbocycles. The van der Waals surface area contributed by atoms with Crippen molar-refractivity contribution >= 4 is 5.91 Å². The van der Waals surface area contributed by atoms with Crippen LogP contribution in [-0.2, 0) is 24.1 Å². The van der Waals surface area contributed by atoms with E-state index in [4.69, 9.17) is 0 Å². The first-order valence-electron chi connectivity index (χ1n) is 10.6. The highest BCUT2D eigenvalue weighted by Gasteiger charge is 2.28. The van der Waals surface area contributed by atoms with Crippen LogP contribution in [0.2, 0.25) is 0 Å². The van der Waals surface area contributed by atoms with Crippen molar-refractivity contribution in [1.82, 2.24) is 10.6 Å². The standard InChI is InChI=1S/C24H30F2N2O2/c1-3-15-7-8-17-5-4-6-22(20(17)11-15)28-14-23(29)21(24(30)27-2)12-16-9-18(25)13-19(26)10-16/h7-11,13,21-23,28-29H,3-6,12,14H2,1-2H3,(H,27,30). The molecule has 3 atom stereocenters. The lowest BCUT2D eigenvalue weighted by atomic mass is 9.85. The Balaban J connectivity index is 1.71. The lowest BCUT2D eigenvalue weighted by Gasteiger charge is -2.29. The highest BCUT2D eigenvalue weighted by molar-refractivity contribution is 5.79. The quantitative estimate of drug-likeness (QED) is 0.618. The molecule has 6 heteroatoms. The average molecular weight is 417 g/mol. The third-order valence-corrected chi connectivity index (χ3v) is 5.93. The Morgan fingerprint density at radius 3 is 2.57 bits per heavy atom. The number of aliphatic hydroxyl groups is 1. The van der Waals surface area contributed by atoms with E-state index in [9.17, 15) is 18.7 Å². The van der Waals surface area contributed by atoms with Crippen LogP contribution in [-0.4, -0.2) is 30.7 Å². The molecule has 3 unspecified atom stereocenters. The monoisotopic (exact) mass is 416 g/mol. The zero-order chi connectivity index (χ0) is 21.7. The van der Waals surface area contributed by atoms with Crippen molar-refractivity contribution in [1.29, 1.82) is 0 Å². The van der Waals surface area contributed by atoms with Crippen LogP contribution in [0, 0.1) is 17.6 Å². The number of fused-ring (bicyclic) bond motifs is 1. The summed E-state index contributed by atoms with van der Waals surface area (Å²) in [5.74, 6) is -2.56. The molecule has 0 fully saturated rings. The summed E-state index contributed by atoms with van der Waals surface area (Å²) in [5, 5.41) is 16.7. The molecule has 0 heterocycles. The molecule has 0 aromatic heterocycles. The van der Waals surface area contributed by atoms with Gasteiger partial charge in [-0.2, -0.15) is 0 Å². The summed E-state index contributed by atoms with van der Waals surface area (Å²) >= 11 is 0. The van der Waals surface area contributed by atoms with Gasteiger partial charge in [0.15, 0.2) is 0 Å². The minimum Gasteiger partial charge on any atom is -0.391 e. The fourth-order valence-electron chi connectivity index (χ4n) is 4.26. The molecule has 162 valence electrons. The second kappa shape index (κ2) is 10.1. The molecule has 0 spiro atoms. The van der Waals surface area contributed by atoms with Gasteiger partial charge in [-0.1, -0.05) is 25.1 Å². The van der Waals surface area contributed by atoms with Crippen LogP contribution in [0.3, 0.4) is 0 Å². The molecular formula is C24H30F2N2O2. The average Bonchev–Trinajstić information content (AvgIpc) is 2.74. The van der Waals surface area contributed by atoms with Crippen molar-refractivity contribution in [3.63, 3.8) is 0 Å². The molecule has 0 radical (unpaired) electrons. The summed E-state index contributed by atoms with van der Waals surface area (Å²) in [6.45, 7) is 2.34. The molecule has 2 aromatic rings. The predicted octanol–water partition coefficient (Wildman–Crippen LogP) is 3.46. The predicted molar refractivity (Wildman–Crippen MR) is 113 cm³/mol. The van der Waals surface area contributed by atoms with Gasteiger partial charge in [0.1, 0.15) is 11.6 Å². The number of halogens is 2. The Morgan fingerprint density at radius 1 is 1.17 bits per heavy atom. The summed E-state index contributed by atoms with van der Waals surface area (Å²) in [5.41, 5.74) is 4.20. The number of nitrogens with one attached hydrogen (secondary N) is 2. The summed E-state index contributed by atoms with van der Waals surface area (Å²) in [4.78, 5) is 12.4. The Hall–Kier alpha value is -2.31. The molecule has 3 N–H and O–H groups in total. The summed E-state index contributed by atoms with van der Waals surface area (Å²) in [6.07, 6.45) is 3.10. The van der Waals surface area contributed by atoms with Gasteiger partial charge in [0, 0.05) is 25.7 Å². The Bertz CT molecular complexity index is 867. The molecule has 0 aliphatic heterocycles. The molecule has 0 saturated heterocycles. The maximum atomic E-state index is 13.5. The SMILES string of the molecule is CCc1ccc2c(c1)C(NCC(O)C(Cc1cc(F)cc(F)c1)C(=O)NC)CCC2. The fraction of sp³-hybridized carbons (Fsp3) is 0.458. The zero-order valence-electron chi connectivity index (χ0n) is 17.6. The normalized spacial score (nSPS) is 17.8. The molecule has 4 nitrogen and oxygen atoms in total. The molecule has 2 aromatic carbocycles. The van der Waals surface area contributed by atoms with Crippen LogP contribution < -0.4 is 10.6 Å². The Labute approximate surface area is 176 Å². The molecule has 0 bridgehead atoms. The zero-order valence-corrected chi connectivity index (χ0v) is 17.6. The molecule has 3 rings (SSSR count). The number of rotatable bonds is 8. The van der Waals surface area contributed by atoms with E-state index in [2.05, 4.69) is 35.8 Å². The highest BCUT2D eigenvalue weighted by atomic mass is 19.1. The second-order valence-electron chi connectivity index (χ2n) is 8.01. The summed E-state index contributed by atoms with van der Waals surface area (Å²) in [7, 11) is 1.49. The van der Waals surface area contributed by atoms with Crippen molar-refractivity contribution in [2.75, 3.05) is 13.6 Å². The van der Waals surface area contributed by atoms with Crippen LogP contribution >= 0.6 is 0 Å². The van der Waals surface area contributed by atoms with Gasteiger partial charge in [0.05, 0.1) is 12.0 Å². The Morgan fingerprint density at radius 2 is 1.90 bits per heavy atom. The number of hydrogen-bond donors (Lipinski definition) is 3. The minimum absolute atomic E-state index is 0.0540. The van der Waals surface area contributed by atoms with Gasteiger partial charge in [-0.3, -0.25) is 4.79 Å². The van der Waals surface area contributed by atoms with Crippen molar-refractivity contribution in [3.8, 4) is 0 Å². The smallest absolute Gasteiger partial charge is 0.225 e. The van der Waals surface area contributed by atoms with Gasteiger partial charge in [0.2, 0.25) is 5.91 Å². The Kier molecular flexibility index (Phi) is 7.56. The molecule has 1 aliphatic carbocycles. The third-order valence-electron chi connectivity index (χ3n) is 5.93. The minimum atomic E-state index is -0.990. The number of aryl methyl sites for hydroxylation is 2. The van der Waals surface area contributed by atoms with E-state index in [1.54, 1.807) is 0 Å². The van der Waals surface area contributed by atoms with Crippen LogP contribution in [0.1, 0.15) is 48.1 Å².